The highest BCUT2D eigenvalue weighted by atomic mass is 15.2. The molecule has 0 N–H and O–H groups in total. The first-order valence-electron chi connectivity index (χ1n) is 18.0. The van der Waals surface area contributed by atoms with Crippen LogP contribution in [0.2, 0.25) is 0 Å². The van der Waals surface area contributed by atoms with Gasteiger partial charge in [0.2, 0.25) is 0 Å². The van der Waals surface area contributed by atoms with Crippen molar-refractivity contribution in [3.05, 3.63) is 170 Å². The Bertz CT molecular complexity index is 2300. The molecule has 0 aromatic heterocycles. The summed E-state index contributed by atoms with van der Waals surface area (Å²) >= 11 is 0. The number of allylic oxidation sites excluding steroid dienone is 2. The zero-order valence-corrected chi connectivity index (χ0v) is 30.6. The van der Waals surface area contributed by atoms with Gasteiger partial charge >= 0.3 is 0 Å². The van der Waals surface area contributed by atoms with Crippen molar-refractivity contribution < 1.29 is 0 Å². The van der Waals surface area contributed by atoms with Crippen LogP contribution >= 0.6 is 0 Å². The van der Waals surface area contributed by atoms with E-state index in [-0.39, 0.29) is 0 Å². The number of hydrogen-bond donors (Lipinski definition) is 0. The van der Waals surface area contributed by atoms with Gasteiger partial charge in [-0.2, -0.15) is 0 Å². The second kappa shape index (κ2) is 12.2. The van der Waals surface area contributed by atoms with Gasteiger partial charge in [0.05, 0.1) is 5.69 Å². The average molecular weight is 651 g/mol. The highest BCUT2D eigenvalue weighted by molar-refractivity contribution is 6.06. The molecule has 50 heavy (non-hydrogen) atoms. The molecule has 0 saturated heterocycles. The van der Waals surface area contributed by atoms with Gasteiger partial charge in [-0.15, -0.1) is 0 Å². The third kappa shape index (κ3) is 5.26. The number of hydrogen-bond acceptors (Lipinski definition) is 2. The molecular weight excluding hydrogens is 605 g/mol. The fourth-order valence-corrected chi connectivity index (χ4v) is 7.81. The highest BCUT2D eigenvalue weighted by Gasteiger charge is 2.31. The van der Waals surface area contributed by atoms with Crippen LogP contribution in [0.3, 0.4) is 0 Å². The summed E-state index contributed by atoms with van der Waals surface area (Å²) in [5.74, 6) is 0.332. The second-order valence-corrected chi connectivity index (χ2v) is 14.7. The van der Waals surface area contributed by atoms with Crippen molar-refractivity contribution in [2.75, 3.05) is 9.80 Å². The number of anilines is 5. The zero-order valence-electron chi connectivity index (χ0n) is 30.6. The van der Waals surface area contributed by atoms with Crippen LogP contribution in [0.4, 0.5) is 28.4 Å². The van der Waals surface area contributed by atoms with Gasteiger partial charge in [0, 0.05) is 45.5 Å². The van der Waals surface area contributed by atoms with E-state index in [4.69, 9.17) is 0 Å². The Morgan fingerprint density at radius 1 is 0.480 bits per heavy atom. The van der Waals surface area contributed by atoms with E-state index in [0.717, 1.165) is 6.42 Å². The summed E-state index contributed by atoms with van der Waals surface area (Å²) in [6, 6.07) is 36.9. The maximum atomic E-state index is 2.49. The van der Waals surface area contributed by atoms with Crippen LogP contribution in [0.1, 0.15) is 73.5 Å². The molecule has 2 aliphatic rings. The van der Waals surface area contributed by atoms with E-state index in [2.05, 4.69) is 180 Å². The molecule has 2 heteroatoms. The first-order chi connectivity index (χ1) is 24.1. The third-order valence-electron chi connectivity index (χ3n) is 11.4. The lowest BCUT2D eigenvalue weighted by Gasteiger charge is -2.36. The predicted molar refractivity (Wildman–Crippen MR) is 216 cm³/mol. The predicted octanol–water partition coefficient (Wildman–Crippen LogP) is 13.5. The lowest BCUT2D eigenvalue weighted by Crippen LogP contribution is -2.21. The Morgan fingerprint density at radius 3 is 1.42 bits per heavy atom. The minimum Gasteiger partial charge on any atom is -0.310 e. The Labute approximate surface area is 298 Å². The smallest absolute Gasteiger partial charge is 0.0540 e. The van der Waals surface area contributed by atoms with Crippen LogP contribution < -0.4 is 9.80 Å². The number of aryl methyl sites for hydroxylation is 8. The normalized spacial score (nSPS) is 14.6. The highest BCUT2D eigenvalue weighted by Crippen LogP contribution is 2.51. The second-order valence-electron chi connectivity index (χ2n) is 14.7. The van der Waals surface area contributed by atoms with Crippen molar-refractivity contribution >= 4 is 51.0 Å². The Hall–Kier alpha value is -5.34. The minimum atomic E-state index is 0.332. The molecule has 0 radical (unpaired) electrons. The van der Waals surface area contributed by atoms with Crippen LogP contribution in [0.15, 0.2) is 109 Å². The van der Waals surface area contributed by atoms with Crippen LogP contribution in [-0.2, 0) is 0 Å². The molecule has 0 fully saturated rings. The Balaban J connectivity index is 1.36. The topological polar surface area (TPSA) is 6.48 Å². The van der Waals surface area contributed by atoms with Gasteiger partial charge in [0.15, 0.2) is 0 Å². The molecule has 8 rings (SSSR count). The standard InChI is InChI=1S/C48H46N2/c1-29-9-17-39(25-33(29)5)49(40-18-10-30(2)34(6)26-40)45-23-15-37-14-22-44-46(24-16-38-13-21-43(45)47(37)48(38)44)50(41-19-11-31(3)35(7)27-41)42-20-12-32(4)36(8)28-42/h9-15,17-28,38H,16H2,1-8H3. The van der Waals surface area contributed by atoms with Gasteiger partial charge in [-0.1, -0.05) is 60.7 Å². The molecule has 0 amide bonds. The van der Waals surface area contributed by atoms with Crippen LogP contribution in [0.5, 0.6) is 0 Å². The Morgan fingerprint density at radius 2 is 0.940 bits per heavy atom. The van der Waals surface area contributed by atoms with Crippen molar-refractivity contribution in [2.24, 2.45) is 0 Å². The molecule has 6 aromatic carbocycles. The maximum absolute atomic E-state index is 2.49. The molecule has 0 aliphatic heterocycles. The van der Waals surface area contributed by atoms with E-state index < -0.39 is 0 Å². The molecule has 1 unspecified atom stereocenters. The van der Waals surface area contributed by atoms with Gasteiger partial charge in [-0.25, -0.2) is 0 Å². The van der Waals surface area contributed by atoms with Gasteiger partial charge in [0.25, 0.3) is 0 Å². The number of benzene rings is 6. The van der Waals surface area contributed by atoms with E-state index in [1.54, 1.807) is 0 Å². The molecule has 2 aliphatic carbocycles. The minimum absolute atomic E-state index is 0.332. The first-order valence-corrected chi connectivity index (χ1v) is 18.0. The third-order valence-corrected chi connectivity index (χ3v) is 11.4. The monoisotopic (exact) mass is 650 g/mol. The van der Waals surface area contributed by atoms with E-state index in [1.807, 2.05) is 0 Å². The first kappa shape index (κ1) is 31.9. The SMILES string of the molecule is Cc1ccc(N(C2=CCC3C=Cc4c(N(c5ccc(C)c(C)c5)c5ccc(C)c(C)c5)ccc5ccc2c3c45)c2ccc(C)c(C)c2)cc1C. The molecule has 1 atom stereocenters. The molecular formula is C48H46N2. The van der Waals surface area contributed by atoms with Crippen molar-refractivity contribution in [1.29, 1.82) is 0 Å². The summed E-state index contributed by atoms with van der Waals surface area (Å²) in [5, 5.41) is 2.66. The molecule has 0 heterocycles. The van der Waals surface area contributed by atoms with Crippen molar-refractivity contribution in [2.45, 2.75) is 67.7 Å². The summed E-state index contributed by atoms with van der Waals surface area (Å²) in [4.78, 5) is 4.96. The van der Waals surface area contributed by atoms with Crippen molar-refractivity contribution in [1.82, 2.24) is 0 Å². The largest absolute Gasteiger partial charge is 0.310 e. The van der Waals surface area contributed by atoms with Gasteiger partial charge in [0.1, 0.15) is 0 Å². The van der Waals surface area contributed by atoms with E-state index in [0.29, 0.717) is 5.92 Å². The zero-order chi connectivity index (χ0) is 34.8. The molecule has 0 bridgehead atoms. The molecule has 248 valence electrons. The fraction of sp³-hybridized carbons (Fsp3) is 0.208. The lowest BCUT2D eigenvalue weighted by molar-refractivity contribution is 0.851. The van der Waals surface area contributed by atoms with Crippen LogP contribution in [0.25, 0.3) is 22.5 Å². The fourth-order valence-electron chi connectivity index (χ4n) is 7.81. The quantitative estimate of drug-likeness (QED) is 0.177. The van der Waals surface area contributed by atoms with E-state index >= 15 is 0 Å². The molecule has 0 saturated carbocycles. The summed E-state index contributed by atoms with van der Waals surface area (Å²) in [7, 11) is 0. The van der Waals surface area contributed by atoms with Crippen molar-refractivity contribution in [3.8, 4) is 0 Å². The van der Waals surface area contributed by atoms with Gasteiger partial charge in [-0.05, 0) is 177 Å². The number of nitrogens with zero attached hydrogens (tertiary/aromatic N) is 2. The Kier molecular flexibility index (Phi) is 7.79. The molecule has 0 spiro atoms. The van der Waals surface area contributed by atoms with Gasteiger partial charge < -0.3 is 9.80 Å². The van der Waals surface area contributed by atoms with E-state index in [9.17, 15) is 0 Å². The maximum Gasteiger partial charge on any atom is 0.0540 e. The van der Waals surface area contributed by atoms with E-state index in [1.165, 1.54) is 106 Å². The van der Waals surface area contributed by atoms with Crippen molar-refractivity contribution in [3.63, 3.8) is 0 Å². The molecule has 6 aromatic rings. The van der Waals surface area contributed by atoms with Gasteiger partial charge in [-0.3, -0.25) is 0 Å². The van der Waals surface area contributed by atoms with Crippen LogP contribution in [0, 0.1) is 55.4 Å². The van der Waals surface area contributed by atoms with Crippen LogP contribution in [-0.4, -0.2) is 0 Å². The molecule has 2 nitrogen and oxygen atoms in total. The summed E-state index contributed by atoms with van der Waals surface area (Å²) in [6.07, 6.45) is 8.29. The average Bonchev–Trinajstić information content (AvgIpc) is 3.11. The lowest BCUT2D eigenvalue weighted by atomic mass is 9.77. The summed E-state index contributed by atoms with van der Waals surface area (Å²) in [5.41, 5.74) is 21.7. The summed E-state index contributed by atoms with van der Waals surface area (Å²) in [6.45, 7) is 17.7. The number of rotatable bonds is 6. The summed E-state index contributed by atoms with van der Waals surface area (Å²) < 4.78 is 0.